The summed E-state index contributed by atoms with van der Waals surface area (Å²) in [7, 11) is 1.14. The Kier molecular flexibility index (Phi) is 4.66. The number of carbonyl (C=O) groups excluding carboxylic acids is 1. The van der Waals surface area contributed by atoms with Crippen LogP contribution in [0.2, 0.25) is 0 Å². The third-order valence-corrected chi connectivity index (χ3v) is 1.57. The van der Waals surface area contributed by atoms with Crippen LogP contribution in [0.1, 0.15) is 10.4 Å². The van der Waals surface area contributed by atoms with Gasteiger partial charge in [-0.3, -0.25) is 10.1 Å². The van der Waals surface area contributed by atoms with Crippen molar-refractivity contribution in [1.29, 1.82) is 0 Å². The van der Waals surface area contributed by atoms with E-state index in [1.165, 1.54) is 0 Å². The number of rotatable bonds is 2. The van der Waals surface area contributed by atoms with Crippen molar-refractivity contribution >= 4 is 24.1 Å². The van der Waals surface area contributed by atoms with E-state index in [0.29, 0.717) is 0 Å². The largest absolute Gasteiger partial charge is 0.465 e. The zero-order valence-electron chi connectivity index (χ0n) is 7.60. The van der Waals surface area contributed by atoms with E-state index in [9.17, 15) is 19.3 Å². The number of hydrogen-bond acceptors (Lipinski definition) is 4. The van der Waals surface area contributed by atoms with Crippen LogP contribution in [0.25, 0.3) is 0 Å². The molecule has 0 saturated heterocycles. The third-order valence-electron chi connectivity index (χ3n) is 1.57. The lowest BCUT2D eigenvalue weighted by molar-refractivity contribution is -0.387. The van der Waals surface area contributed by atoms with Gasteiger partial charge in [0, 0.05) is 6.07 Å². The zero-order valence-corrected chi connectivity index (χ0v) is 8.41. The minimum Gasteiger partial charge on any atom is -0.465 e. The first-order chi connectivity index (χ1) is 6.56. The maximum Gasteiger partial charge on any atom is 0.337 e. The van der Waals surface area contributed by atoms with Crippen molar-refractivity contribution in [2.75, 3.05) is 7.11 Å². The Morgan fingerprint density at radius 1 is 1.53 bits per heavy atom. The Morgan fingerprint density at radius 3 is 2.53 bits per heavy atom. The topological polar surface area (TPSA) is 69.4 Å². The SMILES string of the molecule is COC(=O)c1ccc([N+](=O)[O-])c(F)c1.Cl. The Balaban J connectivity index is 0.00000196. The molecule has 82 valence electrons. The highest BCUT2D eigenvalue weighted by Crippen LogP contribution is 2.18. The van der Waals surface area contributed by atoms with Crippen molar-refractivity contribution < 1.29 is 18.8 Å². The van der Waals surface area contributed by atoms with E-state index in [0.717, 1.165) is 25.3 Å². The second kappa shape index (κ2) is 5.26. The van der Waals surface area contributed by atoms with Crippen LogP contribution >= 0.6 is 12.4 Å². The number of benzene rings is 1. The van der Waals surface area contributed by atoms with Gasteiger partial charge in [0.25, 0.3) is 0 Å². The van der Waals surface area contributed by atoms with Crippen LogP contribution < -0.4 is 0 Å². The molecule has 0 fully saturated rings. The molecule has 0 N–H and O–H groups in total. The van der Waals surface area contributed by atoms with Gasteiger partial charge in [0.2, 0.25) is 5.82 Å². The number of nitrogens with zero attached hydrogens (tertiary/aromatic N) is 1. The van der Waals surface area contributed by atoms with Gasteiger partial charge in [-0.1, -0.05) is 0 Å². The molecule has 0 aliphatic carbocycles. The fourth-order valence-electron chi connectivity index (χ4n) is 0.900. The van der Waals surface area contributed by atoms with Crippen LogP contribution in [0.4, 0.5) is 10.1 Å². The first kappa shape index (κ1) is 13.3. The summed E-state index contributed by atoms with van der Waals surface area (Å²) in [6.45, 7) is 0. The monoisotopic (exact) mass is 235 g/mol. The Hall–Kier alpha value is -1.69. The van der Waals surface area contributed by atoms with E-state index in [2.05, 4.69) is 4.74 Å². The number of carbonyl (C=O) groups is 1. The Bertz CT molecular complexity index is 396. The number of esters is 1. The van der Waals surface area contributed by atoms with E-state index >= 15 is 0 Å². The molecule has 1 aromatic carbocycles. The van der Waals surface area contributed by atoms with Crippen LogP contribution in [0.15, 0.2) is 18.2 Å². The highest BCUT2D eigenvalue weighted by Gasteiger charge is 2.16. The first-order valence-electron chi connectivity index (χ1n) is 3.58. The van der Waals surface area contributed by atoms with Gasteiger partial charge in [-0.05, 0) is 12.1 Å². The summed E-state index contributed by atoms with van der Waals surface area (Å²) < 4.78 is 17.3. The van der Waals surface area contributed by atoms with Crippen molar-refractivity contribution in [1.82, 2.24) is 0 Å². The first-order valence-corrected chi connectivity index (χ1v) is 3.58. The number of hydrogen-bond donors (Lipinski definition) is 0. The van der Waals surface area contributed by atoms with Crippen molar-refractivity contribution in [3.8, 4) is 0 Å². The smallest absolute Gasteiger partial charge is 0.337 e. The molecule has 15 heavy (non-hydrogen) atoms. The summed E-state index contributed by atoms with van der Waals surface area (Å²) in [5.41, 5.74) is -0.728. The van der Waals surface area contributed by atoms with Crippen molar-refractivity contribution in [2.24, 2.45) is 0 Å². The molecule has 0 radical (unpaired) electrons. The summed E-state index contributed by atoms with van der Waals surface area (Å²) in [5.74, 6) is -1.79. The Morgan fingerprint density at radius 2 is 2.13 bits per heavy atom. The molecule has 0 heterocycles. The van der Waals surface area contributed by atoms with E-state index in [4.69, 9.17) is 0 Å². The van der Waals surface area contributed by atoms with Crippen LogP contribution in [0.3, 0.4) is 0 Å². The molecule has 0 spiro atoms. The highest BCUT2D eigenvalue weighted by atomic mass is 35.5. The molecule has 0 aliphatic rings. The van der Waals surface area contributed by atoms with Gasteiger partial charge in [0.1, 0.15) is 0 Å². The second-order valence-corrected chi connectivity index (χ2v) is 2.41. The highest BCUT2D eigenvalue weighted by molar-refractivity contribution is 5.89. The normalized spacial score (nSPS) is 8.93. The molecule has 1 aromatic rings. The van der Waals surface area contributed by atoms with Crippen LogP contribution in [-0.4, -0.2) is 18.0 Å². The molecule has 7 heteroatoms. The Labute approximate surface area is 90.4 Å². The fraction of sp³-hybridized carbons (Fsp3) is 0.125. The lowest BCUT2D eigenvalue weighted by Gasteiger charge is -1.98. The molecule has 0 atom stereocenters. The maximum absolute atomic E-state index is 12.9. The van der Waals surface area contributed by atoms with Gasteiger partial charge in [-0.15, -0.1) is 12.4 Å². The quantitative estimate of drug-likeness (QED) is 0.446. The molecule has 0 unspecified atom stereocenters. The third kappa shape index (κ3) is 2.88. The van der Waals surface area contributed by atoms with Crippen molar-refractivity contribution in [2.45, 2.75) is 0 Å². The summed E-state index contributed by atoms with van der Waals surface area (Å²) in [4.78, 5) is 20.2. The molecular weight excluding hydrogens is 229 g/mol. The summed E-state index contributed by atoms with van der Waals surface area (Å²) >= 11 is 0. The number of nitro benzene ring substituents is 1. The van der Waals surface area contributed by atoms with Gasteiger partial charge >= 0.3 is 11.7 Å². The minimum atomic E-state index is -1.06. The number of methoxy groups -OCH3 is 1. The second-order valence-electron chi connectivity index (χ2n) is 2.41. The van der Waals surface area contributed by atoms with E-state index in [-0.39, 0.29) is 18.0 Å². The predicted octanol–water partition coefficient (Wildman–Crippen LogP) is 1.94. The molecule has 0 amide bonds. The van der Waals surface area contributed by atoms with Crippen LogP contribution in [-0.2, 0) is 4.74 Å². The van der Waals surface area contributed by atoms with Crippen LogP contribution in [0.5, 0.6) is 0 Å². The summed E-state index contributed by atoms with van der Waals surface area (Å²) in [6, 6.07) is 2.82. The summed E-state index contributed by atoms with van der Waals surface area (Å²) in [6.07, 6.45) is 0. The average molecular weight is 236 g/mol. The average Bonchev–Trinajstić information content (AvgIpc) is 2.15. The number of ether oxygens (including phenoxy) is 1. The van der Waals surface area contributed by atoms with Gasteiger partial charge < -0.3 is 4.74 Å². The van der Waals surface area contributed by atoms with Crippen LogP contribution in [0, 0.1) is 15.9 Å². The van der Waals surface area contributed by atoms with Gasteiger partial charge in [-0.2, -0.15) is 4.39 Å². The molecular formula is C8H7ClFNO4. The summed E-state index contributed by atoms with van der Waals surface area (Å²) in [5, 5.41) is 10.2. The molecule has 0 bridgehead atoms. The maximum atomic E-state index is 12.9. The zero-order chi connectivity index (χ0) is 10.7. The minimum absolute atomic E-state index is 0. The predicted molar refractivity (Wildman–Crippen MR) is 51.6 cm³/mol. The lowest BCUT2D eigenvalue weighted by atomic mass is 10.2. The van der Waals surface area contributed by atoms with E-state index in [1.807, 2.05) is 0 Å². The van der Waals surface area contributed by atoms with E-state index in [1.54, 1.807) is 0 Å². The number of halogens is 2. The van der Waals surface area contributed by atoms with E-state index < -0.39 is 22.4 Å². The molecule has 0 saturated carbocycles. The van der Waals surface area contributed by atoms with Gasteiger partial charge in [0.05, 0.1) is 17.6 Å². The van der Waals surface area contributed by atoms with Crippen molar-refractivity contribution in [3.05, 3.63) is 39.7 Å². The van der Waals surface area contributed by atoms with Crippen molar-refractivity contribution in [3.63, 3.8) is 0 Å². The van der Waals surface area contributed by atoms with Gasteiger partial charge in [0.15, 0.2) is 0 Å². The molecule has 1 rings (SSSR count). The molecule has 5 nitrogen and oxygen atoms in total. The standard InChI is InChI=1S/C8H6FNO4.ClH/c1-14-8(11)5-2-3-7(10(12)13)6(9)4-5;/h2-4H,1H3;1H. The fourth-order valence-corrected chi connectivity index (χ4v) is 0.900. The lowest BCUT2D eigenvalue weighted by Crippen LogP contribution is -2.02. The molecule has 0 aromatic heterocycles. The number of nitro groups is 1. The molecule has 0 aliphatic heterocycles. The van der Waals surface area contributed by atoms with Gasteiger partial charge in [-0.25, -0.2) is 4.79 Å².